The van der Waals surface area contributed by atoms with Crippen LogP contribution in [0.25, 0.3) is 0 Å². The summed E-state index contributed by atoms with van der Waals surface area (Å²) >= 11 is 0. The molecule has 1 unspecified atom stereocenters. The van der Waals surface area contributed by atoms with E-state index in [1.54, 1.807) is 0 Å². The van der Waals surface area contributed by atoms with Gasteiger partial charge in [0.25, 0.3) is 0 Å². The predicted molar refractivity (Wildman–Crippen MR) is 111 cm³/mol. The van der Waals surface area contributed by atoms with Crippen LogP contribution in [0, 0.1) is 0 Å². The molecule has 0 heterocycles. The van der Waals surface area contributed by atoms with Gasteiger partial charge in [-0.15, -0.1) is 0 Å². The van der Waals surface area contributed by atoms with E-state index in [1.165, 1.54) is 0 Å². The highest BCUT2D eigenvalue weighted by Crippen LogP contribution is 2.40. The number of rotatable bonds is 8. The fourth-order valence-electron chi connectivity index (χ4n) is 3.51. The molecule has 140 valence electrons. The van der Waals surface area contributed by atoms with Crippen LogP contribution in [-0.4, -0.2) is 18.8 Å². The lowest BCUT2D eigenvalue weighted by Gasteiger charge is -2.37. The van der Waals surface area contributed by atoms with E-state index in [-0.39, 0.29) is 12.2 Å². The second-order valence-electron chi connectivity index (χ2n) is 7.09. The highest BCUT2D eigenvalue weighted by molar-refractivity contribution is 5.47. The van der Waals surface area contributed by atoms with Crippen LogP contribution < -0.4 is 0 Å². The van der Waals surface area contributed by atoms with Gasteiger partial charge >= 0.3 is 0 Å². The Morgan fingerprint density at radius 3 is 1.33 bits per heavy atom. The van der Waals surface area contributed by atoms with Gasteiger partial charge in [0.05, 0.1) is 18.8 Å². The Bertz CT molecular complexity index is 701. The Morgan fingerprint density at radius 1 is 0.630 bits per heavy atom. The van der Waals surface area contributed by atoms with Crippen LogP contribution in [0.1, 0.15) is 37.5 Å². The highest BCUT2D eigenvalue weighted by atomic mass is 16.5. The third-order valence-electron chi connectivity index (χ3n) is 4.58. The van der Waals surface area contributed by atoms with Crippen LogP contribution >= 0.6 is 0 Å². The predicted octanol–water partition coefficient (Wildman–Crippen LogP) is 5.81. The third-order valence-corrected chi connectivity index (χ3v) is 4.58. The molecule has 3 rings (SSSR count). The number of hydrogen-bond donors (Lipinski definition) is 0. The third kappa shape index (κ3) is 4.47. The molecule has 0 spiro atoms. The van der Waals surface area contributed by atoms with E-state index in [4.69, 9.17) is 9.47 Å². The minimum absolute atomic E-state index is 0.000474. The summed E-state index contributed by atoms with van der Waals surface area (Å²) in [5, 5.41) is 0. The van der Waals surface area contributed by atoms with Gasteiger partial charge in [-0.25, -0.2) is 0 Å². The molecule has 0 fully saturated rings. The normalized spacial score (nSPS) is 12.9. The summed E-state index contributed by atoms with van der Waals surface area (Å²) in [6.45, 7) is 6.66. The molecule has 0 aliphatic rings. The first-order valence-electron chi connectivity index (χ1n) is 9.59. The fraction of sp³-hybridized carbons (Fsp3) is 0.280. The van der Waals surface area contributed by atoms with Gasteiger partial charge in [-0.2, -0.15) is 0 Å². The van der Waals surface area contributed by atoms with Crippen molar-refractivity contribution in [2.75, 3.05) is 6.61 Å². The molecule has 0 aliphatic carbocycles. The van der Waals surface area contributed by atoms with E-state index in [1.807, 2.05) is 18.2 Å². The lowest BCUT2D eigenvalue weighted by atomic mass is 9.80. The molecule has 3 aromatic carbocycles. The maximum Gasteiger partial charge on any atom is 0.143 e. The summed E-state index contributed by atoms with van der Waals surface area (Å²) in [7, 11) is 0. The van der Waals surface area contributed by atoms with E-state index in [2.05, 4.69) is 93.6 Å². The summed E-state index contributed by atoms with van der Waals surface area (Å²) in [5.74, 6) is 0. The zero-order chi connectivity index (χ0) is 19.1. The molecule has 1 atom stereocenters. The molecule has 0 saturated carbocycles. The van der Waals surface area contributed by atoms with E-state index < -0.39 is 5.60 Å². The minimum atomic E-state index is -0.682. The number of benzene rings is 3. The quantitative estimate of drug-likeness (QED) is 0.472. The Balaban J connectivity index is 2.11. The maximum absolute atomic E-state index is 6.73. The van der Waals surface area contributed by atoms with Crippen LogP contribution in [-0.2, 0) is 15.1 Å². The summed E-state index contributed by atoms with van der Waals surface area (Å²) in [4.78, 5) is 0. The lowest BCUT2D eigenvalue weighted by molar-refractivity contribution is -0.0744. The van der Waals surface area contributed by atoms with Gasteiger partial charge in [0.15, 0.2) is 0 Å². The molecule has 0 saturated heterocycles. The zero-order valence-corrected chi connectivity index (χ0v) is 16.3. The molecule has 3 aromatic rings. The first-order valence-corrected chi connectivity index (χ1v) is 9.59. The van der Waals surface area contributed by atoms with Crippen molar-refractivity contribution >= 4 is 0 Å². The van der Waals surface area contributed by atoms with Crippen molar-refractivity contribution in [3.63, 3.8) is 0 Å². The van der Waals surface area contributed by atoms with Crippen molar-refractivity contribution < 1.29 is 9.47 Å². The van der Waals surface area contributed by atoms with Crippen molar-refractivity contribution in [2.45, 2.75) is 38.6 Å². The van der Waals surface area contributed by atoms with Gasteiger partial charge in [0.1, 0.15) is 5.60 Å². The smallest absolute Gasteiger partial charge is 0.143 e. The molecule has 0 aliphatic heterocycles. The molecule has 0 amide bonds. The van der Waals surface area contributed by atoms with Crippen LogP contribution in [0.4, 0.5) is 0 Å². The van der Waals surface area contributed by atoms with Crippen LogP contribution in [0.5, 0.6) is 0 Å². The molecule has 27 heavy (non-hydrogen) atoms. The topological polar surface area (TPSA) is 18.5 Å². The summed E-state index contributed by atoms with van der Waals surface area (Å²) < 4.78 is 12.7. The van der Waals surface area contributed by atoms with Gasteiger partial charge in [-0.3, -0.25) is 0 Å². The minimum Gasteiger partial charge on any atom is -0.373 e. The molecular formula is C25H28O2. The summed E-state index contributed by atoms with van der Waals surface area (Å²) in [5.41, 5.74) is 2.65. The van der Waals surface area contributed by atoms with E-state index >= 15 is 0 Å². The largest absolute Gasteiger partial charge is 0.373 e. The van der Waals surface area contributed by atoms with Crippen molar-refractivity contribution in [1.29, 1.82) is 0 Å². The Morgan fingerprint density at radius 2 is 1.00 bits per heavy atom. The molecule has 0 bridgehead atoms. The maximum atomic E-state index is 6.73. The molecule has 2 heteroatoms. The van der Waals surface area contributed by atoms with Crippen LogP contribution in [0.15, 0.2) is 91.0 Å². The molecular weight excluding hydrogens is 332 g/mol. The fourth-order valence-corrected chi connectivity index (χ4v) is 3.51. The average molecular weight is 360 g/mol. The number of ether oxygens (including phenoxy) is 2. The zero-order valence-electron chi connectivity index (χ0n) is 16.3. The van der Waals surface area contributed by atoms with Crippen molar-refractivity contribution in [3.05, 3.63) is 108 Å². The SMILES string of the molecule is CC(C)OC(C)COC(c1ccccc1)(c1ccccc1)c1ccccc1. The van der Waals surface area contributed by atoms with Gasteiger partial charge in [-0.05, 0) is 37.5 Å². The van der Waals surface area contributed by atoms with Gasteiger partial charge in [0.2, 0.25) is 0 Å². The van der Waals surface area contributed by atoms with E-state index in [0.29, 0.717) is 6.61 Å². The van der Waals surface area contributed by atoms with Gasteiger partial charge < -0.3 is 9.47 Å². The Hall–Kier alpha value is -2.42. The van der Waals surface area contributed by atoms with Crippen LogP contribution in [0.3, 0.4) is 0 Å². The van der Waals surface area contributed by atoms with Crippen molar-refractivity contribution in [1.82, 2.24) is 0 Å². The van der Waals surface area contributed by atoms with Crippen molar-refractivity contribution in [2.24, 2.45) is 0 Å². The summed E-state index contributed by atoms with van der Waals surface area (Å²) in [6, 6.07) is 31.3. The Kier molecular flexibility index (Phi) is 6.44. The van der Waals surface area contributed by atoms with E-state index in [9.17, 15) is 0 Å². The standard InChI is InChI=1S/C25H28O2/c1-20(2)27-21(3)19-26-25(22-13-7-4-8-14-22,23-15-9-5-10-16-23)24-17-11-6-12-18-24/h4-18,20-21H,19H2,1-3H3. The van der Waals surface area contributed by atoms with E-state index in [0.717, 1.165) is 16.7 Å². The van der Waals surface area contributed by atoms with Crippen LogP contribution in [0.2, 0.25) is 0 Å². The average Bonchev–Trinajstić information content (AvgIpc) is 2.70. The first kappa shape index (κ1) is 19.3. The summed E-state index contributed by atoms with van der Waals surface area (Å²) in [6.07, 6.45) is 0.170. The first-order chi connectivity index (χ1) is 13.1. The monoisotopic (exact) mass is 360 g/mol. The number of hydrogen-bond acceptors (Lipinski definition) is 2. The highest BCUT2D eigenvalue weighted by Gasteiger charge is 2.37. The van der Waals surface area contributed by atoms with Gasteiger partial charge in [-0.1, -0.05) is 91.0 Å². The van der Waals surface area contributed by atoms with Gasteiger partial charge in [0, 0.05) is 0 Å². The Labute approximate surface area is 162 Å². The van der Waals surface area contributed by atoms with Crippen molar-refractivity contribution in [3.8, 4) is 0 Å². The molecule has 0 N–H and O–H groups in total. The second kappa shape index (κ2) is 8.98. The molecule has 0 aromatic heterocycles. The lowest BCUT2D eigenvalue weighted by Crippen LogP contribution is -2.36. The second-order valence-corrected chi connectivity index (χ2v) is 7.09. The molecule has 0 radical (unpaired) electrons. The molecule has 2 nitrogen and oxygen atoms in total.